The van der Waals surface area contributed by atoms with E-state index in [0.717, 1.165) is 23.5 Å². The number of aliphatic hydroxyl groups is 1. The average molecular weight is 252 g/mol. The van der Waals surface area contributed by atoms with E-state index in [4.69, 9.17) is 4.74 Å². The summed E-state index contributed by atoms with van der Waals surface area (Å²) in [6.45, 7) is -0.0278. The van der Waals surface area contributed by atoms with E-state index in [1.54, 1.807) is 11.3 Å². The number of nitrogens with zero attached hydrogens (tertiary/aromatic N) is 2. The summed E-state index contributed by atoms with van der Waals surface area (Å²) in [7, 11) is 0. The van der Waals surface area contributed by atoms with Crippen LogP contribution in [0.15, 0.2) is 11.6 Å². The van der Waals surface area contributed by atoms with Gasteiger partial charge < -0.3 is 9.84 Å². The molecule has 5 heteroatoms. The number of thiazole rings is 1. The lowest BCUT2D eigenvalue weighted by Crippen LogP contribution is -2.20. The minimum absolute atomic E-state index is 0.0278. The monoisotopic (exact) mass is 252 g/mol. The molecule has 0 bridgehead atoms. The molecule has 0 spiro atoms. The van der Waals surface area contributed by atoms with Crippen LogP contribution >= 0.6 is 11.3 Å². The van der Waals surface area contributed by atoms with Gasteiger partial charge in [0.05, 0.1) is 6.61 Å². The Bertz CT molecular complexity index is 500. The van der Waals surface area contributed by atoms with Crippen molar-refractivity contribution in [2.45, 2.75) is 44.8 Å². The Hall–Kier alpha value is -1.07. The van der Waals surface area contributed by atoms with Crippen LogP contribution in [-0.4, -0.2) is 20.6 Å². The van der Waals surface area contributed by atoms with E-state index in [2.05, 4.69) is 4.98 Å². The van der Waals surface area contributed by atoms with Gasteiger partial charge in [-0.15, -0.1) is 11.3 Å². The van der Waals surface area contributed by atoms with Crippen LogP contribution in [0.1, 0.15) is 37.8 Å². The van der Waals surface area contributed by atoms with Gasteiger partial charge in [0.25, 0.3) is 0 Å². The van der Waals surface area contributed by atoms with Gasteiger partial charge in [-0.1, -0.05) is 6.42 Å². The molecule has 3 rings (SSSR count). The molecule has 0 aromatic carbocycles. The molecule has 2 aromatic rings. The van der Waals surface area contributed by atoms with E-state index >= 15 is 0 Å². The Kier molecular flexibility index (Phi) is 3.03. The largest absolute Gasteiger partial charge is 0.473 e. The molecular formula is C12H16N2O2S. The molecule has 0 radical (unpaired) electrons. The molecule has 2 heterocycles. The Morgan fingerprint density at radius 2 is 2.24 bits per heavy atom. The maximum atomic E-state index is 9.42. The molecule has 1 fully saturated rings. The quantitative estimate of drug-likeness (QED) is 0.913. The second-order valence-corrected chi connectivity index (χ2v) is 5.33. The predicted molar refractivity (Wildman–Crippen MR) is 66.5 cm³/mol. The molecule has 0 aliphatic heterocycles. The average Bonchev–Trinajstić information content (AvgIpc) is 2.90. The first-order chi connectivity index (χ1) is 8.38. The molecule has 1 N–H and O–H groups in total. The SMILES string of the molecule is OCc1c(OC2CCCCC2)nc2sccn12. The number of hydrogen-bond acceptors (Lipinski definition) is 4. The fourth-order valence-corrected chi connectivity index (χ4v) is 3.12. The highest BCUT2D eigenvalue weighted by Crippen LogP contribution is 2.27. The van der Waals surface area contributed by atoms with Gasteiger partial charge in [-0.3, -0.25) is 4.40 Å². The summed E-state index contributed by atoms with van der Waals surface area (Å²) in [6, 6.07) is 0. The van der Waals surface area contributed by atoms with Crippen molar-refractivity contribution in [3.8, 4) is 5.88 Å². The smallest absolute Gasteiger partial charge is 0.239 e. The number of fused-ring (bicyclic) bond motifs is 1. The Labute approximate surface area is 104 Å². The first kappa shape index (κ1) is 11.0. The minimum Gasteiger partial charge on any atom is -0.473 e. The zero-order valence-corrected chi connectivity index (χ0v) is 10.4. The molecular weight excluding hydrogens is 236 g/mol. The molecule has 0 unspecified atom stereocenters. The van der Waals surface area contributed by atoms with Crippen LogP contribution in [0.3, 0.4) is 0 Å². The number of imidazole rings is 1. The summed E-state index contributed by atoms with van der Waals surface area (Å²) in [5, 5.41) is 11.4. The van der Waals surface area contributed by atoms with Crippen LogP contribution in [0.2, 0.25) is 0 Å². The van der Waals surface area contributed by atoms with Gasteiger partial charge in [0.2, 0.25) is 5.88 Å². The Balaban J connectivity index is 1.85. The molecule has 1 aliphatic rings. The van der Waals surface area contributed by atoms with Crippen molar-refractivity contribution in [3.05, 3.63) is 17.3 Å². The van der Waals surface area contributed by atoms with Crippen LogP contribution in [0.25, 0.3) is 4.96 Å². The maximum absolute atomic E-state index is 9.42. The molecule has 0 saturated heterocycles. The summed E-state index contributed by atoms with van der Waals surface area (Å²) in [5.74, 6) is 0.617. The van der Waals surface area contributed by atoms with E-state index in [9.17, 15) is 5.11 Å². The van der Waals surface area contributed by atoms with E-state index in [1.165, 1.54) is 19.3 Å². The van der Waals surface area contributed by atoms with Crippen LogP contribution in [0.5, 0.6) is 5.88 Å². The summed E-state index contributed by atoms with van der Waals surface area (Å²) in [5.41, 5.74) is 0.770. The van der Waals surface area contributed by atoms with Crippen molar-refractivity contribution < 1.29 is 9.84 Å². The van der Waals surface area contributed by atoms with Crippen LogP contribution in [0, 0.1) is 0 Å². The predicted octanol–water partition coefficient (Wildman–Crippen LogP) is 2.60. The molecule has 17 heavy (non-hydrogen) atoms. The molecule has 0 amide bonds. The van der Waals surface area contributed by atoms with Gasteiger partial charge in [-0.25, -0.2) is 0 Å². The lowest BCUT2D eigenvalue weighted by atomic mass is 9.98. The number of hydrogen-bond donors (Lipinski definition) is 1. The first-order valence-corrected chi connectivity index (χ1v) is 6.98. The topological polar surface area (TPSA) is 46.8 Å². The second kappa shape index (κ2) is 4.66. The van der Waals surface area contributed by atoms with Crippen LogP contribution in [-0.2, 0) is 6.61 Å². The van der Waals surface area contributed by atoms with Gasteiger partial charge in [-0.05, 0) is 25.7 Å². The Morgan fingerprint density at radius 1 is 1.41 bits per heavy atom. The van der Waals surface area contributed by atoms with Crippen molar-refractivity contribution in [2.24, 2.45) is 0 Å². The fourth-order valence-electron chi connectivity index (χ4n) is 2.39. The highest BCUT2D eigenvalue weighted by atomic mass is 32.1. The minimum atomic E-state index is -0.0278. The summed E-state index contributed by atoms with van der Waals surface area (Å²) in [4.78, 5) is 5.33. The summed E-state index contributed by atoms with van der Waals surface area (Å²) >= 11 is 1.56. The summed E-state index contributed by atoms with van der Waals surface area (Å²) < 4.78 is 7.84. The van der Waals surface area contributed by atoms with E-state index in [1.807, 2.05) is 16.0 Å². The van der Waals surface area contributed by atoms with Gasteiger partial charge in [0, 0.05) is 11.6 Å². The molecule has 92 valence electrons. The zero-order chi connectivity index (χ0) is 11.7. The molecule has 0 atom stereocenters. The fraction of sp³-hybridized carbons (Fsp3) is 0.583. The highest BCUT2D eigenvalue weighted by Gasteiger charge is 2.20. The van der Waals surface area contributed by atoms with Crippen molar-refractivity contribution in [3.63, 3.8) is 0 Å². The molecule has 1 aliphatic carbocycles. The van der Waals surface area contributed by atoms with E-state index in [0.29, 0.717) is 5.88 Å². The molecule has 1 saturated carbocycles. The van der Waals surface area contributed by atoms with Gasteiger partial charge in [0.15, 0.2) is 4.96 Å². The van der Waals surface area contributed by atoms with Gasteiger partial charge in [0.1, 0.15) is 11.8 Å². The second-order valence-electron chi connectivity index (χ2n) is 4.46. The standard InChI is InChI=1S/C12H16N2O2S/c15-8-10-11(13-12-14(10)6-7-17-12)16-9-4-2-1-3-5-9/h6-7,9,15H,1-5,8H2. The lowest BCUT2D eigenvalue weighted by Gasteiger charge is -2.22. The third kappa shape index (κ3) is 2.05. The number of rotatable bonds is 3. The third-order valence-corrected chi connectivity index (χ3v) is 4.06. The zero-order valence-electron chi connectivity index (χ0n) is 9.63. The van der Waals surface area contributed by atoms with E-state index in [-0.39, 0.29) is 12.7 Å². The van der Waals surface area contributed by atoms with Crippen LogP contribution < -0.4 is 4.74 Å². The van der Waals surface area contributed by atoms with Crippen molar-refractivity contribution >= 4 is 16.3 Å². The Morgan fingerprint density at radius 3 is 3.00 bits per heavy atom. The van der Waals surface area contributed by atoms with Gasteiger partial charge >= 0.3 is 0 Å². The van der Waals surface area contributed by atoms with Crippen LogP contribution in [0.4, 0.5) is 0 Å². The van der Waals surface area contributed by atoms with Crippen molar-refractivity contribution in [1.82, 2.24) is 9.38 Å². The third-order valence-electron chi connectivity index (χ3n) is 3.30. The summed E-state index contributed by atoms with van der Waals surface area (Å²) in [6.07, 6.45) is 8.20. The molecule has 2 aromatic heterocycles. The maximum Gasteiger partial charge on any atom is 0.239 e. The first-order valence-electron chi connectivity index (χ1n) is 6.10. The number of aromatic nitrogens is 2. The normalized spacial score (nSPS) is 17.7. The number of ether oxygens (including phenoxy) is 1. The highest BCUT2D eigenvalue weighted by molar-refractivity contribution is 7.15. The van der Waals surface area contributed by atoms with Crippen molar-refractivity contribution in [2.75, 3.05) is 0 Å². The lowest BCUT2D eigenvalue weighted by molar-refractivity contribution is 0.144. The van der Waals surface area contributed by atoms with Crippen molar-refractivity contribution in [1.29, 1.82) is 0 Å². The van der Waals surface area contributed by atoms with E-state index < -0.39 is 0 Å². The molecule has 4 nitrogen and oxygen atoms in total. The van der Waals surface area contributed by atoms with Gasteiger partial charge in [-0.2, -0.15) is 4.98 Å². The number of aliphatic hydroxyl groups excluding tert-OH is 1.